The minimum Gasteiger partial charge on any atom is -0.308 e. The summed E-state index contributed by atoms with van der Waals surface area (Å²) in [6, 6.07) is 52.5. The van der Waals surface area contributed by atoms with Crippen molar-refractivity contribution in [3.05, 3.63) is 152 Å². The summed E-state index contributed by atoms with van der Waals surface area (Å²) in [5, 5.41) is 7.61. The fourth-order valence-corrected chi connectivity index (χ4v) is 8.44. The van der Waals surface area contributed by atoms with E-state index in [1.54, 1.807) is 0 Å². The van der Waals surface area contributed by atoms with Crippen molar-refractivity contribution in [3.63, 3.8) is 0 Å². The van der Waals surface area contributed by atoms with Crippen LogP contribution >= 0.6 is 11.3 Å². The van der Waals surface area contributed by atoms with E-state index in [2.05, 4.69) is 155 Å². The summed E-state index contributed by atoms with van der Waals surface area (Å²) in [5.74, 6) is 0.913. The Hall–Kier alpha value is -5.71. The third kappa shape index (κ3) is 3.54. The molecule has 45 heavy (non-hydrogen) atoms. The zero-order valence-electron chi connectivity index (χ0n) is 24.2. The first-order valence-corrected chi connectivity index (χ1v) is 16.0. The van der Waals surface area contributed by atoms with Gasteiger partial charge in [0.2, 0.25) is 0 Å². The van der Waals surface area contributed by atoms with E-state index in [4.69, 9.17) is 4.98 Å². The van der Waals surface area contributed by atoms with E-state index in [-0.39, 0.29) is 0 Å². The van der Waals surface area contributed by atoms with Crippen molar-refractivity contribution in [2.24, 2.45) is 0 Å². The number of hydrogen-bond donors (Lipinski definition) is 0. The Labute approximate surface area is 262 Å². The van der Waals surface area contributed by atoms with E-state index in [1.165, 1.54) is 63.9 Å². The topological polar surface area (TPSA) is 22.8 Å². The molecule has 10 aromatic rings. The zero-order valence-corrected chi connectivity index (χ0v) is 25.0. The molecule has 4 heterocycles. The number of para-hydroxylation sites is 3. The van der Waals surface area contributed by atoms with Gasteiger partial charge in [-0.15, -0.1) is 11.3 Å². The summed E-state index contributed by atoms with van der Waals surface area (Å²) >= 11 is 1.88. The van der Waals surface area contributed by atoms with Gasteiger partial charge in [-0.2, -0.15) is 0 Å². The van der Waals surface area contributed by atoms with Gasteiger partial charge in [0.05, 0.1) is 34.0 Å². The molecule has 210 valence electrons. The summed E-state index contributed by atoms with van der Waals surface area (Å²) < 4.78 is 7.28. The molecular formula is C41H25N3S. The molecule has 0 aliphatic carbocycles. The molecule has 0 aliphatic heterocycles. The first-order chi connectivity index (χ1) is 22.3. The molecule has 0 bridgehead atoms. The molecule has 10 rings (SSSR count). The number of fused-ring (bicyclic) bond motifs is 9. The van der Waals surface area contributed by atoms with Crippen LogP contribution in [0.4, 0.5) is 0 Å². The third-order valence-electron chi connectivity index (χ3n) is 9.19. The number of nitrogens with zero attached hydrogens (tertiary/aromatic N) is 3. The predicted octanol–water partition coefficient (Wildman–Crippen LogP) is 11.3. The lowest BCUT2D eigenvalue weighted by Gasteiger charge is -2.11. The second kappa shape index (κ2) is 9.39. The van der Waals surface area contributed by atoms with E-state index in [0.717, 1.165) is 22.5 Å². The van der Waals surface area contributed by atoms with Gasteiger partial charge in [0, 0.05) is 41.7 Å². The van der Waals surface area contributed by atoms with Gasteiger partial charge in [-0.05, 0) is 59.7 Å². The number of rotatable bonds is 3. The monoisotopic (exact) mass is 591 g/mol. The standard InChI is InChI=1S/C41H25N3S/c1-6-17-36-29(10-1)30-11-2-7-18-37(30)44(36)40-23-21-27(25-42-40)43-35-16-5-3-12-31(35)34-24-26(20-22-38(34)43)28-14-9-15-33-32-13-4-8-19-39(32)45-41(28)33/h1-25H. The van der Waals surface area contributed by atoms with E-state index < -0.39 is 0 Å². The Balaban J connectivity index is 1.15. The Morgan fingerprint density at radius 1 is 0.444 bits per heavy atom. The molecule has 0 amide bonds. The lowest BCUT2D eigenvalue weighted by atomic mass is 10.0. The number of pyridine rings is 1. The molecule has 0 saturated carbocycles. The van der Waals surface area contributed by atoms with Crippen LogP contribution in [0.15, 0.2) is 152 Å². The number of benzene rings is 6. The van der Waals surface area contributed by atoms with Gasteiger partial charge in [-0.1, -0.05) is 97.1 Å². The van der Waals surface area contributed by atoms with Crippen LogP contribution in [-0.4, -0.2) is 14.1 Å². The van der Waals surface area contributed by atoms with E-state index >= 15 is 0 Å². The summed E-state index contributed by atoms with van der Waals surface area (Å²) in [6.07, 6.45) is 2.01. The Kier molecular flexibility index (Phi) is 5.16. The number of hydrogen-bond acceptors (Lipinski definition) is 2. The first-order valence-electron chi connectivity index (χ1n) is 15.2. The largest absolute Gasteiger partial charge is 0.308 e. The van der Waals surface area contributed by atoms with E-state index in [9.17, 15) is 0 Å². The predicted molar refractivity (Wildman–Crippen MR) is 191 cm³/mol. The van der Waals surface area contributed by atoms with Crippen molar-refractivity contribution < 1.29 is 0 Å². The van der Waals surface area contributed by atoms with Gasteiger partial charge in [-0.3, -0.25) is 4.57 Å². The van der Waals surface area contributed by atoms with Crippen LogP contribution in [0.1, 0.15) is 0 Å². The highest BCUT2D eigenvalue weighted by Gasteiger charge is 2.17. The zero-order chi connectivity index (χ0) is 29.5. The van der Waals surface area contributed by atoms with Gasteiger partial charge < -0.3 is 4.57 Å². The fraction of sp³-hybridized carbons (Fsp3) is 0. The average molecular weight is 592 g/mol. The molecule has 0 unspecified atom stereocenters. The lowest BCUT2D eigenvalue weighted by molar-refractivity contribution is 1.05. The highest BCUT2D eigenvalue weighted by molar-refractivity contribution is 7.26. The number of thiophene rings is 1. The molecule has 0 aliphatic rings. The molecule has 0 N–H and O–H groups in total. The minimum absolute atomic E-state index is 0.913. The normalized spacial score (nSPS) is 12.0. The van der Waals surface area contributed by atoms with Gasteiger partial charge in [0.25, 0.3) is 0 Å². The Morgan fingerprint density at radius 3 is 1.76 bits per heavy atom. The maximum atomic E-state index is 5.05. The van der Waals surface area contributed by atoms with Crippen LogP contribution in [-0.2, 0) is 0 Å². The van der Waals surface area contributed by atoms with Gasteiger partial charge in [-0.25, -0.2) is 4.98 Å². The summed E-state index contributed by atoms with van der Waals surface area (Å²) in [5.41, 5.74) is 8.25. The van der Waals surface area contributed by atoms with Crippen molar-refractivity contribution >= 4 is 75.1 Å². The van der Waals surface area contributed by atoms with Crippen molar-refractivity contribution in [3.8, 4) is 22.6 Å². The van der Waals surface area contributed by atoms with Crippen molar-refractivity contribution in [2.45, 2.75) is 0 Å². The summed E-state index contributed by atoms with van der Waals surface area (Å²) in [6.45, 7) is 0. The van der Waals surface area contributed by atoms with Crippen molar-refractivity contribution in [1.29, 1.82) is 0 Å². The smallest absolute Gasteiger partial charge is 0.137 e. The Morgan fingerprint density at radius 2 is 1.04 bits per heavy atom. The molecular weight excluding hydrogens is 567 g/mol. The molecule has 0 saturated heterocycles. The molecule has 0 atom stereocenters. The van der Waals surface area contributed by atoms with E-state index in [1.807, 2.05) is 17.5 Å². The number of aromatic nitrogens is 3. The summed E-state index contributed by atoms with van der Waals surface area (Å²) in [7, 11) is 0. The molecule has 4 heteroatoms. The average Bonchev–Trinajstić information content (AvgIpc) is 3.76. The van der Waals surface area contributed by atoms with Crippen molar-refractivity contribution in [1.82, 2.24) is 14.1 Å². The maximum absolute atomic E-state index is 5.05. The van der Waals surface area contributed by atoms with Crippen LogP contribution in [0.2, 0.25) is 0 Å². The third-order valence-corrected chi connectivity index (χ3v) is 10.4. The highest BCUT2D eigenvalue weighted by atomic mass is 32.1. The highest BCUT2D eigenvalue weighted by Crippen LogP contribution is 2.42. The van der Waals surface area contributed by atoms with E-state index in [0.29, 0.717) is 0 Å². The Bertz CT molecular complexity index is 2710. The first kappa shape index (κ1) is 24.7. The lowest BCUT2D eigenvalue weighted by Crippen LogP contribution is -2.00. The molecule has 0 spiro atoms. The second-order valence-corrected chi connectivity index (χ2v) is 12.7. The molecule has 6 aromatic carbocycles. The second-order valence-electron chi connectivity index (χ2n) is 11.6. The fourth-order valence-electron chi connectivity index (χ4n) is 7.21. The summed E-state index contributed by atoms with van der Waals surface area (Å²) in [4.78, 5) is 5.05. The van der Waals surface area contributed by atoms with Crippen LogP contribution in [0, 0.1) is 0 Å². The van der Waals surface area contributed by atoms with Gasteiger partial charge >= 0.3 is 0 Å². The van der Waals surface area contributed by atoms with Crippen LogP contribution in [0.5, 0.6) is 0 Å². The van der Waals surface area contributed by atoms with Gasteiger partial charge in [0.1, 0.15) is 5.82 Å². The minimum atomic E-state index is 0.913. The maximum Gasteiger partial charge on any atom is 0.137 e. The molecule has 0 radical (unpaired) electrons. The van der Waals surface area contributed by atoms with Crippen LogP contribution < -0.4 is 0 Å². The van der Waals surface area contributed by atoms with Gasteiger partial charge in [0.15, 0.2) is 0 Å². The SMILES string of the molecule is c1ccc2c(c1)sc1c(-c3ccc4c(c3)c3ccccc3n4-c3ccc(-n4c5ccccc5c5ccccc54)nc3)cccc12. The van der Waals surface area contributed by atoms with Crippen molar-refractivity contribution in [2.75, 3.05) is 0 Å². The molecule has 4 aromatic heterocycles. The quantitative estimate of drug-likeness (QED) is 0.200. The van der Waals surface area contributed by atoms with Crippen LogP contribution in [0.3, 0.4) is 0 Å². The molecule has 0 fully saturated rings. The molecule has 3 nitrogen and oxygen atoms in total. The van der Waals surface area contributed by atoms with Crippen LogP contribution in [0.25, 0.3) is 86.4 Å².